The molecule has 1 aliphatic carbocycles. The second kappa shape index (κ2) is 4.09. The van der Waals surface area contributed by atoms with Crippen LogP contribution in [0.1, 0.15) is 31.7 Å². The van der Waals surface area contributed by atoms with Crippen LogP contribution in [0.25, 0.3) is 11.1 Å². The van der Waals surface area contributed by atoms with E-state index in [0.29, 0.717) is 11.8 Å². The Bertz CT molecular complexity index is 683. The fourth-order valence-corrected chi connectivity index (χ4v) is 2.65. The Morgan fingerprint density at radius 3 is 3.06 bits per heavy atom. The van der Waals surface area contributed by atoms with Gasteiger partial charge in [0.05, 0.1) is 6.20 Å². The summed E-state index contributed by atoms with van der Waals surface area (Å²) in [5.74, 6) is 0. The van der Waals surface area contributed by atoms with Crippen molar-refractivity contribution in [3.63, 3.8) is 0 Å². The minimum atomic E-state index is -0.465. The number of nitrogens with two attached hydrogens (primary N) is 1. The van der Waals surface area contributed by atoms with Crippen molar-refractivity contribution in [3.05, 3.63) is 27.0 Å². The number of aromatic amines is 1. The van der Waals surface area contributed by atoms with Gasteiger partial charge in [-0.25, -0.2) is 4.79 Å². The molecule has 96 valence electrons. The molecule has 3 rings (SSSR count). The molecule has 0 bridgehead atoms. The quantitative estimate of drug-likeness (QED) is 0.747. The van der Waals surface area contributed by atoms with Crippen molar-refractivity contribution < 1.29 is 4.52 Å². The molecule has 2 heterocycles. The molecule has 0 saturated heterocycles. The fraction of sp³-hybridized carbons (Fsp3) is 0.545. The van der Waals surface area contributed by atoms with Crippen LogP contribution in [-0.2, 0) is 0 Å². The Kier molecular flexibility index (Phi) is 2.55. The number of aromatic nitrogens is 3. The lowest BCUT2D eigenvalue weighted by molar-refractivity contribution is 0.302. The van der Waals surface area contributed by atoms with Gasteiger partial charge in [0.25, 0.3) is 5.56 Å². The third-order valence-electron chi connectivity index (χ3n) is 3.51. The van der Waals surface area contributed by atoms with E-state index in [0.717, 1.165) is 19.3 Å². The zero-order valence-electron chi connectivity index (χ0n) is 9.76. The van der Waals surface area contributed by atoms with E-state index in [4.69, 9.17) is 10.3 Å². The first-order valence-corrected chi connectivity index (χ1v) is 6.01. The lowest BCUT2D eigenvalue weighted by Crippen LogP contribution is -2.37. The monoisotopic (exact) mass is 250 g/mol. The van der Waals surface area contributed by atoms with Gasteiger partial charge in [0.15, 0.2) is 0 Å². The van der Waals surface area contributed by atoms with Crippen molar-refractivity contribution in [1.29, 1.82) is 0 Å². The smallest absolute Gasteiger partial charge is 0.331 e. The maximum absolute atomic E-state index is 11.9. The summed E-state index contributed by atoms with van der Waals surface area (Å²) < 4.78 is 6.53. The first-order chi connectivity index (χ1) is 8.66. The molecule has 1 saturated carbocycles. The summed E-state index contributed by atoms with van der Waals surface area (Å²) in [4.78, 5) is 25.8. The number of nitrogens with one attached hydrogen (secondary N) is 1. The van der Waals surface area contributed by atoms with Crippen molar-refractivity contribution in [2.75, 3.05) is 0 Å². The Labute approximate surface area is 102 Å². The second-order valence-corrected chi connectivity index (χ2v) is 4.75. The topological polar surface area (TPSA) is 107 Å². The van der Waals surface area contributed by atoms with Crippen molar-refractivity contribution in [2.24, 2.45) is 5.73 Å². The summed E-state index contributed by atoms with van der Waals surface area (Å²) in [6.07, 6.45) is 4.82. The van der Waals surface area contributed by atoms with E-state index in [1.165, 1.54) is 10.8 Å². The van der Waals surface area contributed by atoms with Gasteiger partial charge in [-0.15, -0.1) is 0 Å². The summed E-state index contributed by atoms with van der Waals surface area (Å²) in [5, 5.41) is 3.89. The van der Waals surface area contributed by atoms with Gasteiger partial charge in [0.2, 0.25) is 5.71 Å². The summed E-state index contributed by atoms with van der Waals surface area (Å²) >= 11 is 0. The third kappa shape index (κ3) is 1.67. The molecule has 0 spiro atoms. The van der Waals surface area contributed by atoms with Crippen molar-refractivity contribution in [1.82, 2.24) is 14.7 Å². The van der Waals surface area contributed by atoms with Crippen molar-refractivity contribution >= 4 is 11.1 Å². The zero-order chi connectivity index (χ0) is 12.7. The van der Waals surface area contributed by atoms with E-state index in [-0.39, 0.29) is 17.8 Å². The van der Waals surface area contributed by atoms with Crippen LogP contribution >= 0.6 is 0 Å². The average Bonchev–Trinajstić information content (AvgIpc) is 2.78. The molecule has 2 aromatic heterocycles. The number of nitrogens with zero attached hydrogens (tertiary/aromatic N) is 2. The summed E-state index contributed by atoms with van der Waals surface area (Å²) in [5.41, 5.74) is 5.25. The summed E-state index contributed by atoms with van der Waals surface area (Å²) in [7, 11) is 0. The highest BCUT2D eigenvalue weighted by Gasteiger charge is 2.25. The molecule has 18 heavy (non-hydrogen) atoms. The number of fused-ring (bicyclic) bond motifs is 1. The van der Waals surface area contributed by atoms with E-state index in [9.17, 15) is 9.59 Å². The first kappa shape index (κ1) is 11.2. The summed E-state index contributed by atoms with van der Waals surface area (Å²) in [6.45, 7) is 0. The van der Waals surface area contributed by atoms with Crippen LogP contribution in [0.15, 0.2) is 20.3 Å². The van der Waals surface area contributed by atoms with Crippen LogP contribution in [0, 0.1) is 0 Å². The van der Waals surface area contributed by atoms with Gasteiger partial charge in [-0.05, 0) is 25.7 Å². The number of rotatable bonds is 1. The van der Waals surface area contributed by atoms with Crippen LogP contribution in [0.5, 0.6) is 0 Å². The normalized spacial score (nSPS) is 24.5. The molecule has 2 atom stereocenters. The van der Waals surface area contributed by atoms with E-state index < -0.39 is 11.2 Å². The Morgan fingerprint density at radius 2 is 2.28 bits per heavy atom. The van der Waals surface area contributed by atoms with E-state index in [2.05, 4.69) is 10.1 Å². The number of H-pyrrole nitrogens is 1. The molecule has 3 N–H and O–H groups in total. The lowest BCUT2D eigenvalue weighted by Gasteiger charge is -2.27. The maximum Gasteiger partial charge on any atom is 0.331 e. The SMILES string of the molecule is NC1CCCC(n2c(=O)[nH]c(=O)c3cnoc32)C1. The maximum atomic E-state index is 11.9. The lowest BCUT2D eigenvalue weighted by atomic mass is 9.91. The van der Waals surface area contributed by atoms with Gasteiger partial charge in [0.1, 0.15) is 5.39 Å². The molecule has 2 unspecified atom stereocenters. The minimum Gasteiger partial charge on any atom is -0.337 e. The average molecular weight is 250 g/mol. The highest BCUT2D eigenvalue weighted by Crippen LogP contribution is 2.28. The molecule has 7 heteroatoms. The van der Waals surface area contributed by atoms with Gasteiger partial charge in [-0.1, -0.05) is 5.16 Å². The van der Waals surface area contributed by atoms with Crippen LogP contribution in [0.2, 0.25) is 0 Å². The molecule has 2 aromatic rings. The molecular weight excluding hydrogens is 236 g/mol. The zero-order valence-corrected chi connectivity index (χ0v) is 9.76. The Balaban J connectivity index is 2.19. The van der Waals surface area contributed by atoms with Crippen LogP contribution in [0.3, 0.4) is 0 Å². The highest BCUT2D eigenvalue weighted by molar-refractivity contribution is 5.70. The van der Waals surface area contributed by atoms with Crippen LogP contribution in [-0.4, -0.2) is 20.7 Å². The van der Waals surface area contributed by atoms with Gasteiger partial charge in [-0.2, -0.15) is 0 Å². The molecule has 0 aliphatic heterocycles. The molecule has 1 aliphatic rings. The first-order valence-electron chi connectivity index (χ1n) is 6.01. The molecule has 0 aromatic carbocycles. The second-order valence-electron chi connectivity index (χ2n) is 4.75. The predicted octanol–water partition coefficient (Wildman–Crippen LogP) is 0.120. The molecule has 0 amide bonds. The predicted molar refractivity (Wildman–Crippen MR) is 64.4 cm³/mol. The molecule has 0 radical (unpaired) electrons. The number of hydrogen-bond acceptors (Lipinski definition) is 5. The fourth-order valence-electron chi connectivity index (χ4n) is 2.65. The van der Waals surface area contributed by atoms with E-state index in [1.807, 2.05) is 0 Å². The Hall–Kier alpha value is -1.89. The van der Waals surface area contributed by atoms with Gasteiger partial charge in [0, 0.05) is 12.1 Å². The largest absolute Gasteiger partial charge is 0.337 e. The molecule has 1 fully saturated rings. The summed E-state index contributed by atoms with van der Waals surface area (Å²) in [6, 6.07) is 0.0501. The van der Waals surface area contributed by atoms with Gasteiger partial charge >= 0.3 is 5.69 Å². The molecule has 7 nitrogen and oxygen atoms in total. The van der Waals surface area contributed by atoms with Crippen molar-refractivity contribution in [3.8, 4) is 0 Å². The third-order valence-corrected chi connectivity index (χ3v) is 3.51. The van der Waals surface area contributed by atoms with Crippen molar-refractivity contribution in [2.45, 2.75) is 37.8 Å². The minimum absolute atomic E-state index is 0.0337. The van der Waals surface area contributed by atoms with Gasteiger partial charge in [-0.3, -0.25) is 14.3 Å². The standard InChI is InChI=1S/C11H14N4O3/c12-6-2-1-3-7(4-6)15-10-8(5-13-18-10)9(16)14-11(15)17/h5-7H,1-4,12H2,(H,14,16,17). The molecular formula is C11H14N4O3. The number of hydrogen-bond donors (Lipinski definition) is 2. The Morgan fingerprint density at radius 1 is 1.44 bits per heavy atom. The van der Waals surface area contributed by atoms with E-state index >= 15 is 0 Å². The van der Waals surface area contributed by atoms with Gasteiger partial charge < -0.3 is 10.3 Å². The van der Waals surface area contributed by atoms with Crippen LogP contribution < -0.4 is 17.0 Å². The van der Waals surface area contributed by atoms with E-state index in [1.54, 1.807) is 0 Å². The van der Waals surface area contributed by atoms with Crippen LogP contribution in [0.4, 0.5) is 0 Å². The highest BCUT2D eigenvalue weighted by atomic mass is 16.5.